The van der Waals surface area contributed by atoms with Gasteiger partial charge in [-0.05, 0) is 23.8 Å². The number of carbonyl (C=O) groups is 2. The number of amides is 1. The molecule has 24 heavy (non-hydrogen) atoms. The number of halogens is 2. The first kappa shape index (κ1) is 15.6. The Kier molecular flexibility index (Phi) is 3.73. The zero-order chi connectivity index (χ0) is 17.4. The van der Waals surface area contributed by atoms with Gasteiger partial charge in [-0.25, -0.2) is 13.6 Å². The summed E-state index contributed by atoms with van der Waals surface area (Å²) in [6.45, 7) is -0.0211. The lowest BCUT2D eigenvalue weighted by Gasteiger charge is -2.20. The van der Waals surface area contributed by atoms with E-state index < -0.39 is 29.6 Å². The molecule has 5 nitrogen and oxygen atoms in total. The van der Waals surface area contributed by atoms with Gasteiger partial charge in [0.05, 0.1) is 17.2 Å². The largest absolute Gasteiger partial charge is 0.478 e. The fourth-order valence-corrected chi connectivity index (χ4v) is 2.71. The van der Waals surface area contributed by atoms with Crippen molar-refractivity contribution in [3.8, 4) is 6.07 Å². The zero-order valence-electron chi connectivity index (χ0n) is 12.2. The van der Waals surface area contributed by atoms with Crippen molar-refractivity contribution >= 4 is 11.9 Å². The second-order valence-electron chi connectivity index (χ2n) is 5.32. The van der Waals surface area contributed by atoms with Gasteiger partial charge in [0.2, 0.25) is 0 Å². The van der Waals surface area contributed by atoms with Crippen molar-refractivity contribution in [2.75, 3.05) is 0 Å². The fraction of sp³-hybridized carbons (Fsp3) is 0.118. The third-order valence-corrected chi connectivity index (χ3v) is 3.85. The van der Waals surface area contributed by atoms with Gasteiger partial charge in [0.25, 0.3) is 5.91 Å². The molecule has 0 aliphatic carbocycles. The van der Waals surface area contributed by atoms with Crippen LogP contribution in [0.2, 0.25) is 0 Å². The van der Waals surface area contributed by atoms with Gasteiger partial charge in [0, 0.05) is 18.2 Å². The maximum Gasteiger partial charge on any atom is 0.335 e. The van der Waals surface area contributed by atoms with Crippen LogP contribution < -0.4 is 0 Å². The van der Waals surface area contributed by atoms with Crippen molar-refractivity contribution in [2.45, 2.75) is 12.6 Å². The smallest absolute Gasteiger partial charge is 0.335 e. The number of carboxylic acids is 1. The summed E-state index contributed by atoms with van der Waals surface area (Å²) in [4.78, 5) is 24.4. The summed E-state index contributed by atoms with van der Waals surface area (Å²) in [5.41, 5.74) is 0.356. The van der Waals surface area contributed by atoms with Gasteiger partial charge in [-0.1, -0.05) is 12.1 Å². The lowest BCUT2D eigenvalue weighted by Crippen LogP contribution is -2.27. The summed E-state index contributed by atoms with van der Waals surface area (Å²) in [7, 11) is 0. The number of nitriles is 1. The molecular weight excluding hydrogens is 318 g/mol. The molecule has 3 rings (SSSR count). The summed E-state index contributed by atoms with van der Waals surface area (Å²) in [6.07, 6.45) is 0. The van der Waals surface area contributed by atoms with Crippen LogP contribution in [0.25, 0.3) is 0 Å². The molecule has 0 spiro atoms. The van der Waals surface area contributed by atoms with E-state index in [1.807, 2.05) is 6.07 Å². The van der Waals surface area contributed by atoms with Gasteiger partial charge in [0.15, 0.2) is 0 Å². The van der Waals surface area contributed by atoms with Crippen LogP contribution in [0.1, 0.15) is 37.9 Å². The van der Waals surface area contributed by atoms with Crippen LogP contribution in [0, 0.1) is 23.0 Å². The molecule has 1 aliphatic rings. The third kappa shape index (κ3) is 2.48. The molecular formula is C17H10F2N2O3. The molecule has 1 unspecified atom stereocenters. The maximum atomic E-state index is 14.0. The zero-order valence-corrected chi connectivity index (χ0v) is 12.2. The molecule has 1 atom stereocenters. The summed E-state index contributed by atoms with van der Waals surface area (Å²) in [6, 6.07) is 8.00. The van der Waals surface area contributed by atoms with Crippen LogP contribution in [0.4, 0.5) is 8.78 Å². The van der Waals surface area contributed by atoms with E-state index in [1.165, 1.54) is 24.3 Å². The summed E-state index contributed by atoms with van der Waals surface area (Å²) in [5.74, 6) is -3.55. The Morgan fingerprint density at radius 1 is 1.25 bits per heavy atom. The molecule has 0 saturated carbocycles. The van der Waals surface area contributed by atoms with Gasteiger partial charge in [-0.2, -0.15) is 5.26 Å². The normalized spacial score (nSPS) is 16.0. The van der Waals surface area contributed by atoms with Crippen LogP contribution in [0.15, 0.2) is 36.4 Å². The maximum absolute atomic E-state index is 14.0. The quantitative estimate of drug-likeness (QED) is 0.939. The number of hydrogen-bond acceptors (Lipinski definition) is 3. The fourth-order valence-electron chi connectivity index (χ4n) is 2.71. The summed E-state index contributed by atoms with van der Waals surface area (Å²) < 4.78 is 27.3. The van der Waals surface area contributed by atoms with Gasteiger partial charge in [-0.15, -0.1) is 0 Å². The van der Waals surface area contributed by atoms with Crippen molar-refractivity contribution in [1.29, 1.82) is 5.26 Å². The van der Waals surface area contributed by atoms with Crippen LogP contribution >= 0.6 is 0 Å². The van der Waals surface area contributed by atoms with Crippen molar-refractivity contribution in [2.24, 2.45) is 0 Å². The first-order chi connectivity index (χ1) is 11.4. The number of benzene rings is 2. The number of nitrogens with zero attached hydrogens (tertiary/aromatic N) is 2. The molecule has 2 aromatic rings. The molecule has 0 radical (unpaired) electrons. The minimum absolute atomic E-state index is 0.0211. The number of carbonyl (C=O) groups excluding carboxylic acids is 1. The molecule has 0 aromatic heterocycles. The standard InChI is InChI=1S/C17H10F2N2O3/c18-11-5-12-15(13(19)6-11)14(7-20)21(16(12)22)8-9-1-3-10(4-2-9)17(23)24/h1-6,14H,8H2,(H,23,24). The first-order valence-electron chi connectivity index (χ1n) is 6.94. The molecule has 0 bridgehead atoms. The highest BCUT2D eigenvalue weighted by Gasteiger charge is 2.39. The monoisotopic (exact) mass is 328 g/mol. The highest BCUT2D eigenvalue weighted by molar-refractivity contribution is 5.99. The van der Waals surface area contributed by atoms with Crippen molar-refractivity contribution < 1.29 is 23.5 Å². The Balaban J connectivity index is 1.95. The lowest BCUT2D eigenvalue weighted by atomic mass is 10.0. The van der Waals surface area contributed by atoms with E-state index in [4.69, 9.17) is 5.11 Å². The van der Waals surface area contributed by atoms with Gasteiger partial charge in [-0.3, -0.25) is 4.79 Å². The van der Waals surface area contributed by atoms with E-state index in [2.05, 4.69) is 0 Å². The molecule has 2 aromatic carbocycles. The van der Waals surface area contributed by atoms with Crippen LogP contribution in [0.3, 0.4) is 0 Å². The van der Waals surface area contributed by atoms with Crippen molar-refractivity contribution in [3.05, 3.63) is 70.3 Å². The highest BCUT2D eigenvalue weighted by atomic mass is 19.1. The lowest BCUT2D eigenvalue weighted by molar-refractivity contribution is 0.0694. The van der Waals surface area contributed by atoms with Crippen LogP contribution in [-0.4, -0.2) is 21.9 Å². The average molecular weight is 328 g/mol. The number of carboxylic acid groups (broad SMARTS) is 1. The number of hydrogen-bond donors (Lipinski definition) is 1. The molecule has 7 heteroatoms. The first-order valence-corrected chi connectivity index (χ1v) is 6.94. The van der Waals surface area contributed by atoms with Crippen molar-refractivity contribution in [1.82, 2.24) is 4.90 Å². The van der Waals surface area contributed by atoms with E-state index in [-0.39, 0.29) is 23.2 Å². The van der Waals surface area contributed by atoms with Gasteiger partial charge in [0.1, 0.15) is 17.7 Å². The topological polar surface area (TPSA) is 81.4 Å². The second kappa shape index (κ2) is 5.74. The van der Waals surface area contributed by atoms with E-state index in [1.54, 1.807) is 0 Å². The SMILES string of the molecule is N#CC1c2c(F)cc(F)cc2C(=O)N1Cc1ccc(C(=O)O)cc1. The summed E-state index contributed by atoms with van der Waals surface area (Å²) in [5, 5.41) is 18.2. The third-order valence-electron chi connectivity index (χ3n) is 3.85. The van der Waals surface area contributed by atoms with Crippen LogP contribution in [0.5, 0.6) is 0 Å². The number of rotatable bonds is 3. The molecule has 1 N–H and O–H groups in total. The Morgan fingerprint density at radius 2 is 1.92 bits per heavy atom. The Morgan fingerprint density at radius 3 is 2.50 bits per heavy atom. The Labute approximate surface area is 135 Å². The van der Waals surface area contributed by atoms with Gasteiger partial charge < -0.3 is 10.0 Å². The molecule has 1 amide bonds. The average Bonchev–Trinajstić information content (AvgIpc) is 2.80. The van der Waals surface area contributed by atoms with E-state index in [0.29, 0.717) is 11.6 Å². The minimum atomic E-state index is -1.16. The molecule has 0 saturated heterocycles. The second-order valence-corrected chi connectivity index (χ2v) is 5.32. The predicted octanol–water partition coefficient (Wildman–Crippen LogP) is 2.88. The Bertz CT molecular complexity index is 888. The summed E-state index contributed by atoms with van der Waals surface area (Å²) >= 11 is 0. The molecule has 120 valence electrons. The van der Waals surface area contributed by atoms with E-state index >= 15 is 0 Å². The van der Waals surface area contributed by atoms with Gasteiger partial charge >= 0.3 is 5.97 Å². The van der Waals surface area contributed by atoms with Crippen LogP contribution in [-0.2, 0) is 6.54 Å². The molecule has 0 fully saturated rings. The molecule has 1 aliphatic heterocycles. The van der Waals surface area contributed by atoms with E-state index in [9.17, 15) is 23.6 Å². The predicted molar refractivity (Wildman–Crippen MR) is 78.0 cm³/mol. The minimum Gasteiger partial charge on any atom is -0.478 e. The van der Waals surface area contributed by atoms with E-state index in [0.717, 1.165) is 11.0 Å². The number of aromatic carboxylic acids is 1. The molecule has 1 heterocycles. The number of fused-ring (bicyclic) bond motifs is 1. The highest BCUT2D eigenvalue weighted by Crippen LogP contribution is 2.36. The Hall–Kier alpha value is -3.27. The van der Waals surface area contributed by atoms with Crippen molar-refractivity contribution in [3.63, 3.8) is 0 Å².